The number of ether oxygens (including phenoxy) is 1. The summed E-state index contributed by atoms with van der Waals surface area (Å²) in [6, 6.07) is 5.63. The van der Waals surface area contributed by atoms with E-state index in [4.69, 9.17) is 10.5 Å². The van der Waals surface area contributed by atoms with E-state index in [1.54, 1.807) is 12.2 Å². The zero-order valence-electron chi connectivity index (χ0n) is 13.9. The van der Waals surface area contributed by atoms with Crippen LogP contribution < -0.4 is 10.5 Å². The van der Waals surface area contributed by atoms with E-state index in [0.717, 1.165) is 5.56 Å². The largest absolute Gasteiger partial charge is 0.457 e. The number of benzene rings is 1. The molecule has 1 aromatic carbocycles. The summed E-state index contributed by atoms with van der Waals surface area (Å²) in [4.78, 5) is 25.1. The Kier molecular flexibility index (Phi) is 3.34. The first-order chi connectivity index (χ1) is 11.7. The first kappa shape index (κ1) is 16.5. The molecule has 0 saturated heterocycles. The Morgan fingerprint density at radius 1 is 1.44 bits per heavy atom. The predicted molar refractivity (Wildman–Crippen MR) is 95.5 cm³/mol. The second kappa shape index (κ2) is 5.05. The molecule has 3 unspecified atom stereocenters. The van der Waals surface area contributed by atoms with Crippen molar-refractivity contribution < 1.29 is 19.4 Å². The van der Waals surface area contributed by atoms with E-state index in [9.17, 15) is 14.7 Å². The lowest BCUT2D eigenvalue weighted by Crippen LogP contribution is -2.43. The number of halogens is 1. The summed E-state index contributed by atoms with van der Waals surface area (Å²) in [5.74, 6) is -2.85. The third-order valence-electron chi connectivity index (χ3n) is 5.31. The van der Waals surface area contributed by atoms with Gasteiger partial charge >= 0.3 is 0 Å². The van der Waals surface area contributed by atoms with Crippen molar-refractivity contribution in [3.05, 3.63) is 52.6 Å². The van der Waals surface area contributed by atoms with Crippen LogP contribution in [0.4, 0.5) is 0 Å². The van der Waals surface area contributed by atoms with E-state index >= 15 is 0 Å². The number of carbonyl (C=O) groups excluding carboxylic acids is 2. The van der Waals surface area contributed by atoms with Gasteiger partial charge in [0.1, 0.15) is 16.0 Å². The molecule has 130 valence electrons. The molecule has 0 fully saturated rings. The van der Waals surface area contributed by atoms with Gasteiger partial charge in [-0.05, 0) is 24.0 Å². The number of rotatable bonds is 2. The number of primary amides is 1. The van der Waals surface area contributed by atoms with Crippen LogP contribution in [0.5, 0.6) is 5.75 Å². The van der Waals surface area contributed by atoms with Gasteiger partial charge in [0, 0.05) is 16.7 Å². The molecule has 1 aliphatic heterocycles. The van der Waals surface area contributed by atoms with Gasteiger partial charge < -0.3 is 15.6 Å². The van der Waals surface area contributed by atoms with E-state index in [2.05, 4.69) is 29.8 Å². The second-order valence-electron chi connectivity index (χ2n) is 7.11. The number of allylic oxidation sites excluding steroid dienone is 1. The van der Waals surface area contributed by atoms with Gasteiger partial charge in [-0.25, -0.2) is 0 Å². The Bertz CT molecular complexity index is 887. The second-order valence-corrected chi connectivity index (χ2v) is 8.46. The van der Waals surface area contributed by atoms with Crippen LogP contribution in [-0.2, 0) is 9.59 Å². The van der Waals surface area contributed by atoms with Crippen molar-refractivity contribution in [1.29, 1.82) is 0 Å². The van der Waals surface area contributed by atoms with Gasteiger partial charge in [0.05, 0.1) is 0 Å². The lowest BCUT2D eigenvalue weighted by molar-refractivity contribution is -0.131. The average molecular weight is 404 g/mol. The fourth-order valence-corrected chi connectivity index (χ4v) is 4.53. The van der Waals surface area contributed by atoms with Crippen molar-refractivity contribution >= 4 is 27.6 Å². The first-order valence-corrected chi connectivity index (χ1v) is 8.99. The average Bonchev–Trinajstić information content (AvgIpc) is 2.96. The molecule has 3 N–H and O–H groups in total. The zero-order chi connectivity index (χ0) is 18.1. The van der Waals surface area contributed by atoms with Gasteiger partial charge in [-0.15, -0.1) is 0 Å². The molecule has 5 nitrogen and oxygen atoms in total. The highest BCUT2D eigenvalue weighted by Gasteiger charge is 2.64. The fourth-order valence-electron chi connectivity index (χ4n) is 3.94. The van der Waals surface area contributed by atoms with Crippen LogP contribution in [0.3, 0.4) is 0 Å². The summed E-state index contributed by atoms with van der Waals surface area (Å²) in [5, 5.41) is 11.2. The maximum Gasteiger partial charge on any atom is 0.249 e. The monoisotopic (exact) mass is 403 g/mol. The van der Waals surface area contributed by atoms with E-state index in [-0.39, 0.29) is 17.8 Å². The number of ketones is 1. The third kappa shape index (κ3) is 1.98. The molecule has 0 radical (unpaired) electrons. The fraction of sp³-hybridized carbons (Fsp3) is 0.368. The van der Waals surface area contributed by atoms with Crippen molar-refractivity contribution in [3.8, 4) is 5.75 Å². The van der Waals surface area contributed by atoms with Crippen LogP contribution >= 0.6 is 15.9 Å². The Morgan fingerprint density at radius 3 is 2.80 bits per heavy atom. The molecule has 0 spiro atoms. The molecule has 6 heteroatoms. The van der Waals surface area contributed by atoms with Crippen molar-refractivity contribution in [3.63, 3.8) is 0 Å². The van der Waals surface area contributed by atoms with E-state index in [1.807, 2.05) is 18.2 Å². The van der Waals surface area contributed by atoms with Crippen molar-refractivity contribution in [2.24, 2.45) is 5.73 Å². The number of Topliss-reactive ketones (excluding diaryl/α,β-unsaturated/α-hetero) is 1. The maximum absolute atomic E-state index is 13.2. The molecule has 1 heterocycles. The number of alkyl halides is 1. The van der Waals surface area contributed by atoms with Crippen LogP contribution in [-0.4, -0.2) is 26.9 Å². The SMILES string of the molecule is CC(C)c1ccc2c(c1)OC1(O)C3=C(C(=O)C21)C(Br)(C(N)=O)CC=C3. The molecule has 0 saturated carbocycles. The van der Waals surface area contributed by atoms with Crippen molar-refractivity contribution in [2.45, 2.75) is 42.2 Å². The molecule has 2 aliphatic carbocycles. The molecular formula is C19H18BrNO4. The molecule has 3 atom stereocenters. The standard InChI is InChI=1S/C19H18BrNO4/c1-9(2)10-5-6-11-13(8-10)25-19(24)12-4-3-7-18(20,17(21)23)15(12)16(22)14(11)19/h3-6,8-9,14,24H,7H2,1-2H3,(H2,21,23). The lowest BCUT2D eigenvalue weighted by Gasteiger charge is -2.29. The number of aliphatic hydroxyl groups is 1. The van der Waals surface area contributed by atoms with Crippen LogP contribution in [0.25, 0.3) is 0 Å². The summed E-state index contributed by atoms with van der Waals surface area (Å²) in [6.07, 6.45) is 3.64. The highest BCUT2D eigenvalue weighted by Crippen LogP contribution is 2.58. The zero-order valence-corrected chi connectivity index (χ0v) is 15.5. The minimum atomic E-state index is -1.80. The van der Waals surface area contributed by atoms with Gasteiger partial charge in [0.15, 0.2) is 5.78 Å². The van der Waals surface area contributed by atoms with Gasteiger partial charge in [0.25, 0.3) is 0 Å². The molecule has 1 amide bonds. The lowest BCUT2D eigenvalue weighted by atomic mass is 9.85. The number of carbonyl (C=O) groups is 2. The van der Waals surface area contributed by atoms with Gasteiger partial charge in [0.2, 0.25) is 11.7 Å². The Hall–Kier alpha value is -1.92. The Balaban J connectivity index is 1.88. The summed E-state index contributed by atoms with van der Waals surface area (Å²) < 4.78 is 4.56. The third-order valence-corrected chi connectivity index (χ3v) is 6.42. The highest BCUT2D eigenvalue weighted by molar-refractivity contribution is 9.10. The number of hydrogen-bond acceptors (Lipinski definition) is 4. The number of hydrogen-bond donors (Lipinski definition) is 2. The molecule has 1 aromatic rings. The summed E-state index contributed by atoms with van der Waals surface area (Å²) >= 11 is 3.34. The number of nitrogens with two attached hydrogens (primary N) is 1. The molecule has 0 bridgehead atoms. The minimum absolute atomic E-state index is 0.202. The van der Waals surface area contributed by atoms with Crippen molar-refractivity contribution in [2.75, 3.05) is 0 Å². The van der Waals surface area contributed by atoms with Crippen LogP contribution in [0.15, 0.2) is 41.5 Å². The topological polar surface area (TPSA) is 89.6 Å². The first-order valence-electron chi connectivity index (χ1n) is 8.20. The molecular weight excluding hydrogens is 386 g/mol. The summed E-state index contributed by atoms with van der Waals surface area (Å²) in [6.45, 7) is 4.13. The Morgan fingerprint density at radius 2 is 2.16 bits per heavy atom. The predicted octanol–water partition coefficient (Wildman–Crippen LogP) is 2.43. The van der Waals surface area contributed by atoms with E-state index in [0.29, 0.717) is 22.8 Å². The van der Waals surface area contributed by atoms with Crippen LogP contribution in [0.2, 0.25) is 0 Å². The summed E-state index contributed by atoms with van der Waals surface area (Å²) in [7, 11) is 0. The Labute approximate surface area is 153 Å². The van der Waals surface area contributed by atoms with Crippen LogP contribution in [0, 0.1) is 0 Å². The normalized spacial score (nSPS) is 32.5. The van der Waals surface area contributed by atoms with E-state index < -0.39 is 21.9 Å². The highest BCUT2D eigenvalue weighted by atomic mass is 79.9. The molecule has 4 rings (SSSR count). The molecule has 0 aromatic heterocycles. The number of amides is 1. The molecule has 25 heavy (non-hydrogen) atoms. The van der Waals surface area contributed by atoms with Gasteiger partial charge in [-0.2, -0.15) is 0 Å². The summed E-state index contributed by atoms with van der Waals surface area (Å²) in [5.41, 5.74) is 7.75. The smallest absolute Gasteiger partial charge is 0.249 e. The minimum Gasteiger partial charge on any atom is -0.457 e. The van der Waals surface area contributed by atoms with Gasteiger partial charge in [-0.1, -0.05) is 54.1 Å². The van der Waals surface area contributed by atoms with E-state index in [1.165, 1.54) is 0 Å². The molecule has 3 aliphatic rings. The van der Waals surface area contributed by atoms with Crippen molar-refractivity contribution in [1.82, 2.24) is 0 Å². The quantitative estimate of drug-likeness (QED) is 0.741. The van der Waals surface area contributed by atoms with Gasteiger partial charge in [-0.3, -0.25) is 9.59 Å². The van der Waals surface area contributed by atoms with Crippen LogP contribution in [0.1, 0.15) is 43.2 Å². The maximum atomic E-state index is 13.2. The number of fused-ring (bicyclic) bond motifs is 4.